The zero-order chi connectivity index (χ0) is 12.4. The van der Waals surface area contributed by atoms with Crippen LogP contribution in [-0.4, -0.2) is 5.91 Å². The minimum atomic E-state index is -0.132. The van der Waals surface area contributed by atoms with Gasteiger partial charge in [0.05, 0.1) is 14.1 Å². The Morgan fingerprint density at radius 3 is 2.82 bits per heavy atom. The number of anilines is 1. The van der Waals surface area contributed by atoms with Crippen LogP contribution in [0.2, 0.25) is 5.02 Å². The van der Waals surface area contributed by atoms with Crippen LogP contribution in [0.1, 0.15) is 10.4 Å². The number of carbonyl (C=O) groups is 1. The van der Waals surface area contributed by atoms with Gasteiger partial charge in [-0.15, -0.1) is 11.3 Å². The quantitative estimate of drug-likeness (QED) is 0.650. The molecular weight excluding hydrogens is 436 g/mol. The van der Waals surface area contributed by atoms with Crippen LogP contribution < -0.4 is 5.32 Å². The van der Waals surface area contributed by atoms with E-state index < -0.39 is 0 Å². The molecule has 2 rings (SSSR count). The lowest BCUT2D eigenvalue weighted by Gasteiger charge is -2.06. The van der Waals surface area contributed by atoms with Gasteiger partial charge in [-0.3, -0.25) is 4.79 Å². The van der Waals surface area contributed by atoms with Crippen molar-refractivity contribution in [1.29, 1.82) is 0 Å². The first-order valence-corrected chi connectivity index (χ1v) is 7.69. The predicted molar refractivity (Wildman–Crippen MR) is 84.1 cm³/mol. The minimum Gasteiger partial charge on any atom is -0.321 e. The van der Waals surface area contributed by atoms with Gasteiger partial charge < -0.3 is 5.32 Å². The van der Waals surface area contributed by atoms with Crippen molar-refractivity contribution in [2.75, 3.05) is 5.32 Å². The highest BCUT2D eigenvalue weighted by Gasteiger charge is 2.10. The summed E-state index contributed by atoms with van der Waals surface area (Å²) in [5.74, 6) is -0.132. The van der Waals surface area contributed by atoms with Gasteiger partial charge in [-0.05, 0) is 62.8 Å². The molecule has 0 bridgehead atoms. The SMILES string of the molecule is O=C(Nc1cc(Cl)ccc1Br)c1csc(I)c1. The van der Waals surface area contributed by atoms with Gasteiger partial charge in [-0.25, -0.2) is 0 Å². The van der Waals surface area contributed by atoms with E-state index in [1.165, 1.54) is 11.3 Å². The number of rotatable bonds is 2. The van der Waals surface area contributed by atoms with Crippen LogP contribution in [0, 0.1) is 2.88 Å². The highest BCUT2D eigenvalue weighted by molar-refractivity contribution is 14.1. The topological polar surface area (TPSA) is 29.1 Å². The molecule has 2 aromatic rings. The van der Waals surface area contributed by atoms with Crippen molar-refractivity contribution in [1.82, 2.24) is 0 Å². The van der Waals surface area contributed by atoms with E-state index in [2.05, 4.69) is 43.8 Å². The summed E-state index contributed by atoms with van der Waals surface area (Å²) in [4.78, 5) is 11.9. The van der Waals surface area contributed by atoms with Crippen molar-refractivity contribution in [2.45, 2.75) is 0 Å². The van der Waals surface area contributed by atoms with Gasteiger partial charge >= 0.3 is 0 Å². The summed E-state index contributed by atoms with van der Waals surface area (Å²) in [5, 5.41) is 5.23. The second-order valence-corrected chi connectivity index (χ2v) is 7.31. The Morgan fingerprint density at radius 2 is 2.18 bits per heavy atom. The molecule has 0 spiro atoms. The number of carbonyl (C=O) groups excluding carboxylic acids is 1. The fourth-order valence-corrected chi connectivity index (χ4v) is 3.06. The van der Waals surface area contributed by atoms with Gasteiger partial charge in [-0.1, -0.05) is 11.6 Å². The zero-order valence-corrected chi connectivity index (χ0v) is 13.7. The van der Waals surface area contributed by atoms with Gasteiger partial charge in [-0.2, -0.15) is 0 Å². The van der Waals surface area contributed by atoms with Gasteiger partial charge in [0.25, 0.3) is 5.91 Å². The molecule has 0 aliphatic carbocycles. The fourth-order valence-electron chi connectivity index (χ4n) is 1.22. The summed E-state index contributed by atoms with van der Waals surface area (Å²) in [6.07, 6.45) is 0. The maximum Gasteiger partial charge on any atom is 0.256 e. The van der Waals surface area contributed by atoms with Crippen LogP contribution in [0.4, 0.5) is 5.69 Å². The number of hydrogen-bond donors (Lipinski definition) is 1. The molecule has 0 radical (unpaired) electrons. The zero-order valence-electron chi connectivity index (χ0n) is 8.34. The molecule has 1 heterocycles. The number of benzene rings is 1. The summed E-state index contributed by atoms with van der Waals surface area (Å²) in [5.41, 5.74) is 1.33. The minimum absolute atomic E-state index is 0.132. The van der Waals surface area contributed by atoms with Gasteiger partial charge in [0.15, 0.2) is 0 Å². The van der Waals surface area contributed by atoms with E-state index in [-0.39, 0.29) is 5.91 Å². The third-order valence-electron chi connectivity index (χ3n) is 2.01. The number of thiophene rings is 1. The molecule has 0 fully saturated rings. The monoisotopic (exact) mass is 441 g/mol. The number of amides is 1. The molecule has 1 N–H and O–H groups in total. The summed E-state index contributed by atoms with van der Waals surface area (Å²) in [6.45, 7) is 0. The van der Waals surface area contributed by atoms with E-state index in [0.29, 0.717) is 16.3 Å². The summed E-state index contributed by atoms with van der Waals surface area (Å²) in [7, 11) is 0. The molecular formula is C11H6BrClINOS. The molecule has 1 aromatic heterocycles. The second kappa shape index (κ2) is 5.69. The molecule has 0 saturated carbocycles. The first kappa shape index (κ1) is 13.3. The Hall–Kier alpha value is -0.110. The van der Waals surface area contributed by atoms with Crippen molar-refractivity contribution in [2.24, 2.45) is 0 Å². The summed E-state index contributed by atoms with van der Waals surface area (Å²) in [6, 6.07) is 7.12. The van der Waals surface area contributed by atoms with Crippen LogP contribution in [0.25, 0.3) is 0 Å². The van der Waals surface area contributed by atoms with E-state index >= 15 is 0 Å². The maximum atomic E-state index is 11.9. The molecule has 88 valence electrons. The molecule has 0 aliphatic heterocycles. The lowest BCUT2D eigenvalue weighted by molar-refractivity contribution is 0.102. The molecule has 0 atom stereocenters. The lowest BCUT2D eigenvalue weighted by Crippen LogP contribution is -2.11. The molecule has 1 aromatic carbocycles. The predicted octanol–water partition coefficient (Wildman–Crippen LogP) is 5.02. The van der Waals surface area contributed by atoms with E-state index in [0.717, 1.165) is 7.36 Å². The third kappa shape index (κ3) is 3.43. The first-order chi connectivity index (χ1) is 8.06. The highest BCUT2D eigenvalue weighted by Crippen LogP contribution is 2.27. The first-order valence-electron chi connectivity index (χ1n) is 4.56. The summed E-state index contributed by atoms with van der Waals surface area (Å²) >= 11 is 13.0. The third-order valence-corrected chi connectivity index (χ3v) is 4.72. The Kier molecular flexibility index (Phi) is 4.46. The smallest absolute Gasteiger partial charge is 0.256 e. The summed E-state index contributed by atoms with van der Waals surface area (Å²) < 4.78 is 1.89. The Labute approximate surface area is 130 Å². The fraction of sp³-hybridized carbons (Fsp3) is 0. The highest BCUT2D eigenvalue weighted by atomic mass is 127. The van der Waals surface area contributed by atoms with Crippen molar-refractivity contribution >= 4 is 73.1 Å². The Balaban J connectivity index is 2.21. The van der Waals surface area contributed by atoms with Crippen molar-refractivity contribution in [3.63, 3.8) is 0 Å². The Morgan fingerprint density at radius 1 is 1.41 bits per heavy atom. The van der Waals surface area contributed by atoms with Crippen LogP contribution in [0.5, 0.6) is 0 Å². The van der Waals surface area contributed by atoms with Crippen molar-refractivity contribution in [3.8, 4) is 0 Å². The number of nitrogens with one attached hydrogen (secondary N) is 1. The molecule has 6 heteroatoms. The molecule has 1 amide bonds. The largest absolute Gasteiger partial charge is 0.321 e. The molecule has 2 nitrogen and oxygen atoms in total. The van der Waals surface area contributed by atoms with Crippen LogP contribution in [0.3, 0.4) is 0 Å². The van der Waals surface area contributed by atoms with Gasteiger partial charge in [0.2, 0.25) is 0 Å². The van der Waals surface area contributed by atoms with E-state index in [9.17, 15) is 4.79 Å². The van der Waals surface area contributed by atoms with E-state index in [4.69, 9.17) is 11.6 Å². The molecule has 0 saturated heterocycles. The normalized spacial score (nSPS) is 10.3. The lowest BCUT2D eigenvalue weighted by atomic mass is 10.3. The van der Waals surface area contributed by atoms with Crippen molar-refractivity contribution in [3.05, 3.63) is 47.6 Å². The molecule has 17 heavy (non-hydrogen) atoms. The van der Waals surface area contributed by atoms with Gasteiger partial charge in [0, 0.05) is 14.9 Å². The standard InChI is InChI=1S/C11H6BrClINOS/c12-8-2-1-7(13)4-9(8)15-11(16)6-3-10(14)17-5-6/h1-5H,(H,15,16). The van der Waals surface area contributed by atoms with Crippen LogP contribution in [-0.2, 0) is 0 Å². The van der Waals surface area contributed by atoms with Crippen molar-refractivity contribution < 1.29 is 4.79 Å². The van der Waals surface area contributed by atoms with E-state index in [1.54, 1.807) is 18.2 Å². The van der Waals surface area contributed by atoms with E-state index in [1.807, 2.05) is 11.4 Å². The molecule has 0 aliphatic rings. The van der Waals surface area contributed by atoms with Gasteiger partial charge in [0.1, 0.15) is 0 Å². The number of halogens is 3. The second-order valence-electron chi connectivity index (χ2n) is 3.22. The maximum absolute atomic E-state index is 11.9. The average molecular weight is 443 g/mol. The molecule has 0 unspecified atom stereocenters. The number of hydrogen-bond acceptors (Lipinski definition) is 2. The Bertz CT molecular complexity index is 572. The van der Waals surface area contributed by atoms with Crippen LogP contribution in [0.15, 0.2) is 34.1 Å². The average Bonchev–Trinajstić information content (AvgIpc) is 2.70. The van der Waals surface area contributed by atoms with Crippen LogP contribution >= 0.6 is 61.5 Å².